The molecule has 0 heterocycles. The number of amides is 6. The molecule has 0 bridgehead atoms. The zero-order valence-electron chi connectivity index (χ0n) is 27.5. The van der Waals surface area contributed by atoms with Gasteiger partial charge in [-0.05, 0) is 19.1 Å². The topological polar surface area (TPSA) is 238 Å². The van der Waals surface area contributed by atoms with Crippen LogP contribution in [-0.2, 0) is 43.1 Å². The number of carbonyl (C=O) groups excluding carboxylic acids is 8. The molecule has 17 heteroatoms. The number of hydrogen-bond donors (Lipinski definition) is 7. The van der Waals surface area contributed by atoms with E-state index in [0.717, 1.165) is 0 Å². The van der Waals surface area contributed by atoms with Crippen molar-refractivity contribution in [1.29, 1.82) is 0 Å². The second-order valence-corrected chi connectivity index (χ2v) is 11.5. The van der Waals surface area contributed by atoms with Crippen LogP contribution in [0.15, 0.2) is 0 Å². The van der Waals surface area contributed by atoms with E-state index in [1.165, 1.54) is 25.6 Å². The van der Waals surface area contributed by atoms with Crippen molar-refractivity contribution in [2.24, 2.45) is 5.92 Å². The number of carbonyl (C=O) groups is 8. The second-order valence-electron chi connectivity index (χ2n) is 10.4. The summed E-state index contributed by atoms with van der Waals surface area (Å²) in [5.41, 5.74) is 0. The quantitative estimate of drug-likeness (QED) is 0.0493. The molecule has 0 saturated heterocycles. The lowest BCUT2D eigenvalue weighted by atomic mass is 10.0. The molecule has 0 aromatic heterocycles. The van der Waals surface area contributed by atoms with Gasteiger partial charge in [-0.25, -0.2) is 0 Å². The summed E-state index contributed by atoms with van der Waals surface area (Å²) in [6, 6.07) is -4.32. The van der Waals surface area contributed by atoms with Gasteiger partial charge in [0, 0.05) is 44.3 Å². The number of aliphatic hydroxyl groups is 1. The maximum atomic E-state index is 13.1. The SMILES string of the molecule is CCC(=O)CC(COC(=O)CC)CSCC(NC(=O)CC)C(=O)NC(CO)C(=O)NCNC(=O)C(C)NC(=O)C(CC)NC(C)=O. The highest BCUT2D eigenvalue weighted by atomic mass is 32.2. The van der Waals surface area contributed by atoms with E-state index in [-0.39, 0.29) is 50.0 Å². The van der Waals surface area contributed by atoms with Crippen LogP contribution >= 0.6 is 11.8 Å². The van der Waals surface area contributed by atoms with Gasteiger partial charge in [-0.15, -0.1) is 0 Å². The lowest BCUT2D eigenvalue weighted by Crippen LogP contribution is -2.57. The predicted molar refractivity (Wildman–Crippen MR) is 170 cm³/mol. The molecule has 5 unspecified atom stereocenters. The Morgan fingerprint density at radius 2 is 1.35 bits per heavy atom. The number of esters is 1. The highest BCUT2D eigenvalue weighted by Gasteiger charge is 2.27. The standard InChI is InChI=1S/C29H50N6O10S/c1-7-20(38)11-19(13-45-25(40)10-4)14-46-15-23(34-24(39)9-3)29(44)35-22(12-36)27(42)31-16-30-26(41)17(5)32-28(43)21(8-2)33-18(6)37/h17,19,21-23,36H,7-16H2,1-6H3,(H,30,41)(H,31,42)(H,32,43)(H,33,37)(H,34,39)(H,35,44). The van der Waals surface area contributed by atoms with Crippen LogP contribution in [0.4, 0.5) is 0 Å². The molecule has 0 aromatic rings. The molecule has 0 saturated carbocycles. The molecule has 0 aliphatic rings. The summed E-state index contributed by atoms with van der Waals surface area (Å²) in [5, 5.41) is 24.4. The number of ether oxygens (including phenoxy) is 1. The molecule has 262 valence electrons. The van der Waals surface area contributed by atoms with Crippen molar-refractivity contribution in [1.82, 2.24) is 31.9 Å². The molecule has 46 heavy (non-hydrogen) atoms. The Morgan fingerprint density at radius 1 is 0.717 bits per heavy atom. The van der Waals surface area contributed by atoms with Crippen molar-refractivity contribution < 1.29 is 48.2 Å². The van der Waals surface area contributed by atoms with Crippen LogP contribution in [-0.4, -0.2) is 108 Å². The summed E-state index contributed by atoms with van der Waals surface area (Å²) in [6.07, 6.45) is 1.09. The Balaban J connectivity index is 5.14. The van der Waals surface area contributed by atoms with Crippen LogP contribution in [0.1, 0.15) is 73.6 Å². The van der Waals surface area contributed by atoms with Crippen LogP contribution in [0.5, 0.6) is 0 Å². The van der Waals surface area contributed by atoms with Gasteiger partial charge in [-0.1, -0.05) is 27.7 Å². The molecule has 0 radical (unpaired) electrons. The third-order valence-electron chi connectivity index (χ3n) is 6.49. The molecular weight excluding hydrogens is 624 g/mol. The Bertz CT molecular complexity index is 1060. The molecule has 5 atom stereocenters. The highest BCUT2D eigenvalue weighted by molar-refractivity contribution is 7.99. The van der Waals surface area contributed by atoms with Crippen molar-refractivity contribution in [2.45, 2.75) is 97.8 Å². The fourth-order valence-electron chi connectivity index (χ4n) is 3.72. The number of nitrogens with one attached hydrogen (secondary N) is 6. The number of ketones is 1. The molecule has 7 N–H and O–H groups in total. The minimum atomic E-state index is -1.42. The summed E-state index contributed by atoms with van der Waals surface area (Å²) < 4.78 is 5.20. The van der Waals surface area contributed by atoms with Crippen LogP contribution in [0.2, 0.25) is 0 Å². The smallest absolute Gasteiger partial charge is 0.305 e. The minimum Gasteiger partial charge on any atom is -0.465 e. The third kappa shape index (κ3) is 17.7. The van der Waals surface area contributed by atoms with Gasteiger partial charge < -0.3 is 41.7 Å². The average molecular weight is 675 g/mol. The van der Waals surface area contributed by atoms with Gasteiger partial charge in [0.15, 0.2) is 0 Å². The minimum absolute atomic E-state index is 0.00831. The lowest BCUT2D eigenvalue weighted by molar-refractivity contribution is -0.145. The van der Waals surface area contributed by atoms with E-state index >= 15 is 0 Å². The fraction of sp³-hybridized carbons (Fsp3) is 0.724. The molecule has 6 amide bonds. The Kier molecular flexibility index (Phi) is 21.7. The zero-order valence-corrected chi connectivity index (χ0v) is 28.3. The summed E-state index contributed by atoms with van der Waals surface area (Å²) >= 11 is 1.25. The van der Waals surface area contributed by atoms with Crippen molar-refractivity contribution in [2.75, 3.05) is 31.4 Å². The van der Waals surface area contributed by atoms with Crippen LogP contribution in [0, 0.1) is 5.92 Å². The van der Waals surface area contributed by atoms with E-state index in [4.69, 9.17) is 4.74 Å². The lowest BCUT2D eigenvalue weighted by Gasteiger charge is -2.23. The van der Waals surface area contributed by atoms with E-state index in [0.29, 0.717) is 18.6 Å². The van der Waals surface area contributed by atoms with E-state index in [1.54, 1.807) is 27.7 Å². The predicted octanol–water partition coefficient (Wildman–Crippen LogP) is -1.36. The van der Waals surface area contributed by atoms with Gasteiger partial charge >= 0.3 is 5.97 Å². The molecule has 16 nitrogen and oxygen atoms in total. The van der Waals surface area contributed by atoms with Gasteiger partial charge in [0.1, 0.15) is 30.0 Å². The average Bonchev–Trinajstić information content (AvgIpc) is 3.03. The van der Waals surface area contributed by atoms with Crippen LogP contribution in [0.3, 0.4) is 0 Å². The van der Waals surface area contributed by atoms with Crippen molar-refractivity contribution in [3.63, 3.8) is 0 Å². The van der Waals surface area contributed by atoms with E-state index in [2.05, 4.69) is 31.9 Å². The Hall–Kier alpha value is -3.73. The van der Waals surface area contributed by atoms with Gasteiger partial charge in [0.2, 0.25) is 35.4 Å². The summed E-state index contributed by atoms with van der Waals surface area (Å²) in [6.45, 7) is 8.21. The summed E-state index contributed by atoms with van der Waals surface area (Å²) in [7, 11) is 0. The van der Waals surface area contributed by atoms with Gasteiger partial charge in [-0.2, -0.15) is 11.8 Å². The first-order valence-electron chi connectivity index (χ1n) is 15.3. The second kappa shape index (κ2) is 23.6. The maximum absolute atomic E-state index is 13.1. The molecule has 0 rings (SSSR count). The van der Waals surface area contributed by atoms with Gasteiger partial charge in [0.25, 0.3) is 0 Å². The van der Waals surface area contributed by atoms with Gasteiger partial charge in [-0.3, -0.25) is 38.4 Å². The molecule has 0 aliphatic carbocycles. The van der Waals surface area contributed by atoms with E-state index < -0.39 is 72.2 Å². The largest absolute Gasteiger partial charge is 0.465 e. The number of aliphatic hydroxyl groups excluding tert-OH is 1. The Morgan fingerprint density at radius 3 is 1.89 bits per heavy atom. The van der Waals surface area contributed by atoms with Crippen LogP contribution < -0.4 is 31.9 Å². The van der Waals surface area contributed by atoms with Crippen molar-refractivity contribution >= 4 is 59.0 Å². The monoisotopic (exact) mass is 674 g/mol. The highest BCUT2D eigenvalue weighted by Crippen LogP contribution is 2.16. The maximum Gasteiger partial charge on any atom is 0.305 e. The zero-order chi connectivity index (χ0) is 35.2. The van der Waals surface area contributed by atoms with Crippen LogP contribution in [0.25, 0.3) is 0 Å². The normalized spacial score (nSPS) is 13.9. The van der Waals surface area contributed by atoms with Crippen molar-refractivity contribution in [3.05, 3.63) is 0 Å². The number of thioether (sulfide) groups is 1. The van der Waals surface area contributed by atoms with Gasteiger partial charge in [0.05, 0.1) is 19.9 Å². The number of Topliss-reactive ketones (excluding diaryl/α,β-unsaturated/α-hetero) is 1. The van der Waals surface area contributed by atoms with E-state index in [9.17, 15) is 43.5 Å². The number of hydrogen-bond acceptors (Lipinski definition) is 11. The first-order chi connectivity index (χ1) is 21.7. The fourth-order valence-corrected chi connectivity index (χ4v) is 4.87. The molecule has 0 fully saturated rings. The molecular formula is C29H50N6O10S. The molecule has 0 aromatic carbocycles. The summed E-state index contributed by atoms with van der Waals surface area (Å²) in [5.74, 6) is -3.88. The summed E-state index contributed by atoms with van der Waals surface area (Å²) in [4.78, 5) is 97.4. The first kappa shape index (κ1) is 42.3. The van der Waals surface area contributed by atoms with Crippen molar-refractivity contribution in [3.8, 4) is 0 Å². The van der Waals surface area contributed by atoms with E-state index in [1.807, 2.05) is 0 Å². The molecule has 0 aliphatic heterocycles. The third-order valence-corrected chi connectivity index (χ3v) is 7.76. The first-order valence-corrected chi connectivity index (χ1v) is 16.5. The molecule has 0 spiro atoms. The number of rotatable bonds is 23. The Labute approximate surface area is 274 Å².